The van der Waals surface area contributed by atoms with Crippen molar-refractivity contribution in [2.45, 2.75) is 13.8 Å². The molecule has 0 aliphatic heterocycles. The van der Waals surface area contributed by atoms with Gasteiger partial charge in [-0.25, -0.2) is 0 Å². The molecule has 1 aromatic heterocycles. The Morgan fingerprint density at radius 2 is 1.91 bits per heavy atom. The number of aromatic nitrogens is 1. The lowest BCUT2D eigenvalue weighted by molar-refractivity contribution is 0.972. The number of hydrogen-bond acceptors (Lipinski definition) is 1. The van der Waals surface area contributed by atoms with Gasteiger partial charge in [0.15, 0.2) is 0 Å². The molecule has 0 bridgehead atoms. The van der Waals surface area contributed by atoms with Crippen LogP contribution in [0.15, 0.2) is 74.0 Å². The van der Waals surface area contributed by atoms with E-state index in [2.05, 4.69) is 57.3 Å². The molecule has 1 heterocycles. The summed E-state index contributed by atoms with van der Waals surface area (Å²) >= 11 is 0. The fraction of sp³-hybridized carbons (Fsp3) is 0.0952. The highest BCUT2D eigenvalue weighted by Crippen LogP contribution is 2.27. The summed E-state index contributed by atoms with van der Waals surface area (Å²) < 4.78 is 1.71. The van der Waals surface area contributed by atoms with Crippen LogP contribution in [0.4, 0.5) is 0 Å². The van der Waals surface area contributed by atoms with Crippen molar-refractivity contribution in [2.24, 2.45) is 0 Å². The van der Waals surface area contributed by atoms with E-state index >= 15 is 0 Å². The molecule has 116 valence electrons. The molecule has 0 amide bonds. The van der Waals surface area contributed by atoms with Crippen LogP contribution >= 0.6 is 0 Å². The Morgan fingerprint density at radius 1 is 1.13 bits per heavy atom. The van der Waals surface area contributed by atoms with Crippen LogP contribution in [0.5, 0.6) is 0 Å². The van der Waals surface area contributed by atoms with E-state index in [0.717, 1.165) is 11.1 Å². The minimum absolute atomic E-state index is 0.406. The summed E-state index contributed by atoms with van der Waals surface area (Å²) in [4.78, 5) is 0. The van der Waals surface area contributed by atoms with Crippen LogP contribution in [-0.2, 0) is 0 Å². The van der Waals surface area contributed by atoms with Crippen molar-refractivity contribution in [3.8, 4) is 0 Å². The second-order valence-electron chi connectivity index (χ2n) is 5.40. The third-order valence-electron chi connectivity index (χ3n) is 3.74. The van der Waals surface area contributed by atoms with Crippen molar-refractivity contribution in [2.75, 3.05) is 0 Å². The molecule has 0 saturated heterocycles. The number of aryl methyl sites for hydroxylation is 1. The third kappa shape index (κ3) is 3.86. The maximum Gasteiger partial charge on any atom is 0.128 e. The molecule has 0 aliphatic carbocycles. The Morgan fingerprint density at radius 3 is 2.57 bits per heavy atom. The van der Waals surface area contributed by atoms with Crippen molar-refractivity contribution in [3.05, 3.63) is 96.2 Å². The number of allylic oxidation sites excluding steroid dienone is 5. The molecule has 0 radical (unpaired) electrons. The molecular weight excluding hydrogens is 280 g/mol. The highest BCUT2D eigenvalue weighted by molar-refractivity contribution is 5.94. The van der Waals surface area contributed by atoms with Crippen LogP contribution in [-0.4, -0.2) is 4.57 Å². The van der Waals surface area contributed by atoms with Crippen LogP contribution in [0.25, 0.3) is 17.3 Å². The molecule has 0 aliphatic rings. The number of nitrogens with one attached hydrogen (secondary N) is 1. The predicted octanol–water partition coefficient (Wildman–Crippen LogP) is 5.05. The lowest BCUT2D eigenvalue weighted by Crippen LogP contribution is -2.13. The minimum Gasteiger partial charge on any atom is -0.309 e. The van der Waals surface area contributed by atoms with Gasteiger partial charge < -0.3 is 4.57 Å². The largest absolute Gasteiger partial charge is 0.309 e. The fourth-order valence-electron chi connectivity index (χ4n) is 2.46. The zero-order chi connectivity index (χ0) is 16.8. The molecule has 2 rings (SSSR count). The van der Waals surface area contributed by atoms with Gasteiger partial charge in [-0.3, -0.25) is 5.41 Å². The van der Waals surface area contributed by atoms with E-state index in [-0.39, 0.29) is 0 Å². The molecule has 1 aromatic carbocycles. The fourth-order valence-corrected chi connectivity index (χ4v) is 2.46. The molecule has 0 unspecified atom stereocenters. The van der Waals surface area contributed by atoms with E-state index in [4.69, 9.17) is 5.41 Å². The summed E-state index contributed by atoms with van der Waals surface area (Å²) in [7, 11) is 0. The van der Waals surface area contributed by atoms with Gasteiger partial charge in [-0.15, -0.1) is 0 Å². The summed E-state index contributed by atoms with van der Waals surface area (Å²) in [5, 5.41) is 7.89. The highest BCUT2D eigenvalue weighted by Gasteiger charge is 2.06. The molecular formula is C21H22N2. The van der Waals surface area contributed by atoms with E-state index in [9.17, 15) is 0 Å². The molecule has 0 saturated carbocycles. The van der Waals surface area contributed by atoms with Crippen molar-refractivity contribution >= 4 is 17.3 Å². The Bertz CT molecular complexity index is 848. The SMILES string of the molecule is C=C/C=C\C(=C(/C)c1cccc(C)c1)c1ccc(=N)n(C=C)c1. The maximum absolute atomic E-state index is 7.89. The highest BCUT2D eigenvalue weighted by atomic mass is 14.9. The third-order valence-corrected chi connectivity index (χ3v) is 3.74. The average Bonchev–Trinajstić information content (AvgIpc) is 2.56. The molecule has 1 N–H and O–H groups in total. The van der Waals surface area contributed by atoms with Crippen molar-refractivity contribution in [3.63, 3.8) is 0 Å². The lowest BCUT2D eigenvalue weighted by atomic mass is 9.95. The molecule has 0 fully saturated rings. The summed E-state index contributed by atoms with van der Waals surface area (Å²) in [6.07, 6.45) is 9.32. The number of hydrogen-bond donors (Lipinski definition) is 1. The van der Waals surface area contributed by atoms with Crippen LogP contribution in [0, 0.1) is 12.3 Å². The first-order valence-corrected chi connectivity index (χ1v) is 7.53. The van der Waals surface area contributed by atoms with Gasteiger partial charge in [-0.1, -0.05) is 61.2 Å². The zero-order valence-electron chi connectivity index (χ0n) is 13.7. The smallest absolute Gasteiger partial charge is 0.128 e. The van der Waals surface area contributed by atoms with E-state index in [1.807, 2.05) is 18.3 Å². The second kappa shape index (κ2) is 7.41. The first-order chi connectivity index (χ1) is 11.1. The van der Waals surface area contributed by atoms with Gasteiger partial charge in [0.1, 0.15) is 5.49 Å². The second-order valence-corrected chi connectivity index (χ2v) is 5.40. The monoisotopic (exact) mass is 302 g/mol. The predicted molar refractivity (Wildman–Crippen MR) is 99.7 cm³/mol. The van der Waals surface area contributed by atoms with Gasteiger partial charge >= 0.3 is 0 Å². The van der Waals surface area contributed by atoms with Crippen molar-refractivity contribution in [1.82, 2.24) is 4.57 Å². The minimum atomic E-state index is 0.406. The Hall–Kier alpha value is -2.87. The molecule has 0 spiro atoms. The van der Waals surface area contributed by atoms with Crippen LogP contribution in [0.3, 0.4) is 0 Å². The number of benzene rings is 1. The standard InChI is InChI=1S/C21H22N2/c1-5-7-11-20(17(4)18-10-8-9-16(3)14-18)19-12-13-21(22)23(6-2)15-19/h5-15,22H,1-2H2,3-4H3/b11-7-,20-17-,22-21?. The molecule has 2 heteroatoms. The lowest BCUT2D eigenvalue weighted by Gasteiger charge is -2.12. The van der Waals surface area contributed by atoms with E-state index in [0.29, 0.717) is 5.49 Å². The van der Waals surface area contributed by atoms with Crippen LogP contribution in [0.1, 0.15) is 23.6 Å². The number of nitrogens with zero attached hydrogens (tertiary/aromatic N) is 1. The molecule has 23 heavy (non-hydrogen) atoms. The van der Waals surface area contributed by atoms with Gasteiger partial charge in [0.05, 0.1) is 0 Å². The van der Waals surface area contributed by atoms with Crippen LogP contribution in [0.2, 0.25) is 0 Å². The first-order valence-electron chi connectivity index (χ1n) is 7.53. The van der Waals surface area contributed by atoms with Crippen molar-refractivity contribution < 1.29 is 0 Å². The van der Waals surface area contributed by atoms with E-state index < -0.39 is 0 Å². The van der Waals surface area contributed by atoms with Gasteiger partial charge in [-0.2, -0.15) is 0 Å². The van der Waals surface area contributed by atoms with Gasteiger partial charge in [0, 0.05) is 12.4 Å². The molecule has 2 aromatic rings. The quantitative estimate of drug-likeness (QED) is 0.749. The Balaban J connectivity index is 2.68. The maximum atomic E-state index is 7.89. The molecule has 0 atom stereocenters. The van der Waals surface area contributed by atoms with Gasteiger partial charge in [0.2, 0.25) is 0 Å². The average molecular weight is 302 g/mol. The van der Waals surface area contributed by atoms with E-state index in [1.165, 1.54) is 16.7 Å². The zero-order valence-corrected chi connectivity index (χ0v) is 13.7. The summed E-state index contributed by atoms with van der Waals surface area (Å²) in [5.74, 6) is 0. The number of rotatable bonds is 5. The molecule has 2 nitrogen and oxygen atoms in total. The summed E-state index contributed by atoms with van der Waals surface area (Å²) in [6.45, 7) is 11.7. The number of pyridine rings is 1. The van der Waals surface area contributed by atoms with Crippen LogP contribution < -0.4 is 5.49 Å². The van der Waals surface area contributed by atoms with Crippen molar-refractivity contribution in [1.29, 1.82) is 5.41 Å². The normalized spacial score (nSPS) is 12.1. The topological polar surface area (TPSA) is 28.8 Å². The van der Waals surface area contributed by atoms with E-state index in [1.54, 1.807) is 22.9 Å². The van der Waals surface area contributed by atoms with Gasteiger partial charge in [-0.05, 0) is 48.3 Å². The summed E-state index contributed by atoms with van der Waals surface area (Å²) in [5.41, 5.74) is 6.15. The Labute approximate surface area is 137 Å². The van der Waals surface area contributed by atoms with Gasteiger partial charge in [0.25, 0.3) is 0 Å². The Kier molecular flexibility index (Phi) is 5.32. The first kappa shape index (κ1) is 16.5. The summed E-state index contributed by atoms with van der Waals surface area (Å²) in [6, 6.07) is 12.2.